The van der Waals surface area contributed by atoms with Crippen molar-refractivity contribution in [3.05, 3.63) is 72.7 Å². The summed E-state index contributed by atoms with van der Waals surface area (Å²) in [7, 11) is 0. The summed E-state index contributed by atoms with van der Waals surface area (Å²) in [5.41, 5.74) is 1.93. The Morgan fingerprint density at radius 3 is 2.57 bits per heavy atom. The summed E-state index contributed by atoms with van der Waals surface area (Å²) in [6.45, 7) is 1.91. The van der Waals surface area contributed by atoms with Gasteiger partial charge in [0.2, 0.25) is 0 Å². The molecule has 2 amide bonds. The molecule has 1 unspecified atom stereocenters. The molecular formula is C17H17N5O. The first-order valence-corrected chi connectivity index (χ1v) is 7.31. The molecule has 1 aromatic carbocycles. The molecule has 6 nitrogen and oxygen atoms in total. The van der Waals surface area contributed by atoms with Gasteiger partial charge < -0.3 is 5.32 Å². The summed E-state index contributed by atoms with van der Waals surface area (Å²) >= 11 is 0. The topological polar surface area (TPSA) is 71.8 Å². The number of hydrogen-bond donors (Lipinski definition) is 2. The average Bonchev–Trinajstić information content (AvgIpc) is 3.04. The van der Waals surface area contributed by atoms with E-state index in [1.165, 1.54) is 0 Å². The molecule has 3 rings (SSSR count). The van der Waals surface area contributed by atoms with E-state index >= 15 is 0 Å². The molecule has 0 aliphatic heterocycles. The van der Waals surface area contributed by atoms with Crippen molar-refractivity contribution in [2.24, 2.45) is 0 Å². The average molecular weight is 307 g/mol. The summed E-state index contributed by atoms with van der Waals surface area (Å²) < 4.78 is 1.71. The van der Waals surface area contributed by atoms with Gasteiger partial charge in [0.1, 0.15) is 0 Å². The summed E-state index contributed by atoms with van der Waals surface area (Å²) in [5.74, 6) is 0.494. The number of pyridine rings is 1. The van der Waals surface area contributed by atoms with Crippen LogP contribution in [0.5, 0.6) is 0 Å². The van der Waals surface area contributed by atoms with Crippen LogP contribution in [0.3, 0.4) is 0 Å². The molecule has 2 N–H and O–H groups in total. The second-order valence-corrected chi connectivity index (χ2v) is 5.08. The Kier molecular flexibility index (Phi) is 4.33. The summed E-state index contributed by atoms with van der Waals surface area (Å²) in [5, 5.41) is 9.94. The van der Waals surface area contributed by atoms with Crippen molar-refractivity contribution in [2.75, 3.05) is 5.32 Å². The van der Waals surface area contributed by atoms with Crippen molar-refractivity contribution >= 4 is 11.8 Å². The van der Waals surface area contributed by atoms with Crippen molar-refractivity contribution in [3.8, 4) is 5.69 Å². The van der Waals surface area contributed by atoms with Crippen LogP contribution in [0.15, 0.2) is 67.1 Å². The normalized spacial score (nSPS) is 11.7. The first-order valence-electron chi connectivity index (χ1n) is 7.31. The highest BCUT2D eigenvalue weighted by molar-refractivity contribution is 5.88. The molecule has 116 valence electrons. The number of para-hydroxylation sites is 1. The predicted molar refractivity (Wildman–Crippen MR) is 88.4 cm³/mol. The first-order chi connectivity index (χ1) is 11.2. The minimum atomic E-state index is -0.298. The van der Waals surface area contributed by atoms with Gasteiger partial charge in [0.05, 0.1) is 11.7 Å². The predicted octanol–water partition coefficient (Wildman–Crippen LogP) is 3.15. The molecule has 1 atom stereocenters. The lowest BCUT2D eigenvalue weighted by atomic mass is 10.1. The Balaban J connectivity index is 1.61. The van der Waals surface area contributed by atoms with Crippen molar-refractivity contribution in [3.63, 3.8) is 0 Å². The molecule has 6 heteroatoms. The van der Waals surface area contributed by atoms with E-state index in [0.29, 0.717) is 5.82 Å². The van der Waals surface area contributed by atoms with Gasteiger partial charge >= 0.3 is 6.03 Å². The Bertz CT molecular complexity index is 770. The maximum Gasteiger partial charge on any atom is 0.320 e. The smallest absolute Gasteiger partial charge is 0.320 e. The van der Waals surface area contributed by atoms with Crippen molar-refractivity contribution in [1.82, 2.24) is 20.1 Å². The summed E-state index contributed by atoms with van der Waals surface area (Å²) in [6, 6.07) is 14.8. The molecule has 0 radical (unpaired) electrons. The van der Waals surface area contributed by atoms with E-state index < -0.39 is 0 Å². The molecule has 0 fully saturated rings. The van der Waals surface area contributed by atoms with Gasteiger partial charge in [-0.15, -0.1) is 5.10 Å². The molecule has 0 saturated heterocycles. The van der Waals surface area contributed by atoms with Crippen molar-refractivity contribution in [1.29, 1.82) is 0 Å². The van der Waals surface area contributed by atoms with E-state index in [1.807, 2.05) is 49.4 Å². The SMILES string of the molecule is CC(NC(=O)Nc1ccn(-c2ccccc2)n1)c1ccncc1. The standard InChI is InChI=1S/C17H17N5O/c1-13(14-7-10-18-11-8-14)19-17(23)20-16-9-12-22(21-16)15-5-3-2-4-6-15/h2-13H,1H3,(H2,19,20,21,23). The monoisotopic (exact) mass is 307 g/mol. The van der Waals surface area contributed by atoms with Gasteiger partial charge in [0.15, 0.2) is 5.82 Å². The van der Waals surface area contributed by atoms with Gasteiger partial charge in [0.25, 0.3) is 0 Å². The van der Waals surface area contributed by atoms with Crippen LogP contribution in [-0.4, -0.2) is 20.8 Å². The fourth-order valence-electron chi connectivity index (χ4n) is 2.20. The van der Waals surface area contributed by atoms with Crippen LogP contribution < -0.4 is 10.6 Å². The minimum Gasteiger partial charge on any atom is -0.331 e. The molecule has 2 aromatic heterocycles. The van der Waals surface area contributed by atoms with Gasteiger partial charge in [-0.25, -0.2) is 9.48 Å². The van der Waals surface area contributed by atoms with E-state index in [4.69, 9.17) is 0 Å². The fraction of sp³-hybridized carbons (Fsp3) is 0.118. The van der Waals surface area contributed by atoms with Crippen LogP contribution in [-0.2, 0) is 0 Å². The van der Waals surface area contributed by atoms with Crippen LogP contribution in [0, 0.1) is 0 Å². The number of carbonyl (C=O) groups is 1. The lowest BCUT2D eigenvalue weighted by molar-refractivity contribution is 0.249. The zero-order chi connectivity index (χ0) is 16.1. The van der Waals surface area contributed by atoms with Crippen LogP contribution >= 0.6 is 0 Å². The number of rotatable bonds is 4. The number of aromatic nitrogens is 3. The number of anilines is 1. The zero-order valence-electron chi connectivity index (χ0n) is 12.7. The summed E-state index contributed by atoms with van der Waals surface area (Å²) in [4.78, 5) is 16.0. The molecule has 0 aliphatic carbocycles. The highest BCUT2D eigenvalue weighted by Gasteiger charge is 2.10. The second-order valence-electron chi connectivity index (χ2n) is 5.08. The van der Waals surface area contributed by atoms with Gasteiger partial charge in [0, 0.05) is 24.7 Å². The maximum atomic E-state index is 12.1. The fourth-order valence-corrected chi connectivity index (χ4v) is 2.20. The third-order valence-corrected chi connectivity index (χ3v) is 3.41. The number of benzene rings is 1. The van der Waals surface area contributed by atoms with Crippen LogP contribution in [0.1, 0.15) is 18.5 Å². The molecule has 0 saturated carbocycles. The third kappa shape index (κ3) is 3.74. The van der Waals surface area contributed by atoms with Crippen LogP contribution in [0.4, 0.5) is 10.6 Å². The van der Waals surface area contributed by atoms with Crippen LogP contribution in [0.25, 0.3) is 5.69 Å². The molecule has 2 heterocycles. The highest BCUT2D eigenvalue weighted by Crippen LogP contribution is 2.12. The quantitative estimate of drug-likeness (QED) is 0.777. The zero-order valence-corrected chi connectivity index (χ0v) is 12.7. The summed E-state index contributed by atoms with van der Waals surface area (Å²) in [6.07, 6.45) is 5.21. The number of urea groups is 1. The van der Waals surface area contributed by atoms with Gasteiger partial charge in [-0.05, 0) is 36.8 Å². The maximum absolute atomic E-state index is 12.1. The van der Waals surface area contributed by atoms with E-state index in [-0.39, 0.29) is 12.1 Å². The molecule has 0 aliphatic rings. The Labute approximate surface area is 134 Å². The molecule has 0 bridgehead atoms. The Hall–Kier alpha value is -3.15. The lowest BCUT2D eigenvalue weighted by Crippen LogP contribution is -2.31. The highest BCUT2D eigenvalue weighted by atomic mass is 16.2. The van der Waals surface area contributed by atoms with E-state index in [9.17, 15) is 4.79 Å². The largest absolute Gasteiger partial charge is 0.331 e. The molecule has 3 aromatic rings. The first kappa shape index (κ1) is 14.8. The molecule has 23 heavy (non-hydrogen) atoms. The number of nitrogens with one attached hydrogen (secondary N) is 2. The Morgan fingerprint density at radius 1 is 1.09 bits per heavy atom. The number of nitrogens with zero attached hydrogens (tertiary/aromatic N) is 3. The second kappa shape index (κ2) is 6.74. The van der Waals surface area contributed by atoms with Gasteiger partial charge in [-0.3, -0.25) is 10.3 Å². The molecular weight excluding hydrogens is 290 g/mol. The lowest BCUT2D eigenvalue weighted by Gasteiger charge is -2.13. The van der Waals surface area contributed by atoms with Crippen molar-refractivity contribution in [2.45, 2.75) is 13.0 Å². The number of amides is 2. The van der Waals surface area contributed by atoms with Crippen molar-refractivity contribution < 1.29 is 4.79 Å². The van der Waals surface area contributed by atoms with Crippen LogP contribution in [0.2, 0.25) is 0 Å². The third-order valence-electron chi connectivity index (χ3n) is 3.41. The number of hydrogen-bond acceptors (Lipinski definition) is 3. The Morgan fingerprint density at radius 2 is 1.83 bits per heavy atom. The number of carbonyl (C=O) groups excluding carboxylic acids is 1. The van der Waals surface area contributed by atoms with E-state index in [0.717, 1.165) is 11.3 Å². The van der Waals surface area contributed by atoms with E-state index in [1.54, 1.807) is 29.3 Å². The van der Waals surface area contributed by atoms with Gasteiger partial charge in [-0.1, -0.05) is 18.2 Å². The van der Waals surface area contributed by atoms with Gasteiger partial charge in [-0.2, -0.15) is 0 Å². The van der Waals surface area contributed by atoms with E-state index in [2.05, 4.69) is 20.7 Å². The molecule has 0 spiro atoms. The minimum absolute atomic E-state index is 0.116.